The van der Waals surface area contributed by atoms with E-state index in [1.807, 2.05) is 0 Å². The highest BCUT2D eigenvalue weighted by atomic mass is 16.3. The van der Waals surface area contributed by atoms with Crippen molar-refractivity contribution in [1.82, 2.24) is 10.2 Å². The predicted molar refractivity (Wildman–Crippen MR) is 59.5 cm³/mol. The van der Waals surface area contributed by atoms with Crippen molar-refractivity contribution < 1.29 is 5.11 Å². The Morgan fingerprint density at radius 3 is 2.73 bits per heavy atom. The van der Waals surface area contributed by atoms with Crippen LogP contribution < -0.4 is 11.1 Å². The van der Waals surface area contributed by atoms with E-state index in [0.717, 1.165) is 31.4 Å². The van der Waals surface area contributed by atoms with Gasteiger partial charge in [-0.2, -0.15) is 5.10 Å². The van der Waals surface area contributed by atoms with Gasteiger partial charge in [0, 0.05) is 0 Å². The second-order valence-corrected chi connectivity index (χ2v) is 4.32. The number of nitrogen functional groups attached to an aromatic ring is 1. The topological polar surface area (TPSA) is 87.0 Å². The molecule has 0 bridgehead atoms. The van der Waals surface area contributed by atoms with Crippen molar-refractivity contribution in [3.05, 3.63) is 6.20 Å². The average Bonchev–Trinajstić information content (AvgIpc) is 2.66. The zero-order valence-corrected chi connectivity index (χ0v) is 8.79. The zero-order chi connectivity index (χ0) is 10.7. The molecule has 1 aliphatic rings. The SMILES string of the molecule is Nc1[nH]ncc1NC1(CO)CCCCC1. The summed E-state index contributed by atoms with van der Waals surface area (Å²) in [6.45, 7) is 0.150. The summed E-state index contributed by atoms with van der Waals surface area (Å²) in [6, 6.07) is 0. The number of nitrogens with two attached hydrogens (primary N) is 1. The number of aliphatic hydroxyl groups excluding tert-OH is 1. The third-order valence-corrected chi connectivity index (χ3v) is 3.18. The van der Waals surface area contributed by atoms with Crippen molar-refractivity contribution in [3.8, 4) is 0 Å². The summed E-state index contributed by atoms with van der Waals surface area (Å²) in [5, 5.41) is 19.4. The molecule has 1 aromatic heterocycles. The molecule has 84 valence electrons. The van der Waals surface area contributed by atoms with Gasteiger partial charge in [-0.1, -0.05) is 19.3 Å². The number of nitrogens with one attached hydrogen (secondary N) is 2. The number of anilines is 2. The van der Waals surface area contributed by atoms with Crippen LogP contribution in [0, 0.1) is 0 Å². The van der Waals surface area contributed by atoms with Crippen LogP contribution in [0.4, 0.5) is 11.5 Å². The van der Waals surface area contributed by atoms with Crippen LogP contribution in [0.2, 0.25) is 0 Å². The Morgan fingerprint density at radius 1 is 1.47 bits per heavy atom. The van der Waals surface area contributed by atoms with Crippen molar-refractivity contribution in [2.24, 2.45) is 0 Å². The Labute approximate surface area is 89.1 Å². The van der Waals surface area contributed by atoms with E-state index < -0.39 is 0 Å². The second kappa shape index (κ2) is 4.10. The molecule has 15 heavy (non-hydrogen) atoms. The summed E-state index contributed by atoms with van der Waals surface area (Å²) < 4.78 is 0. The van der Waals surface area contributed by atoms with Gasteiger partial charge in [0.1, 0.15) is 5.82 Å². The predicted octanol–water partition coefficient (Wildman–Crippen LogP) is 1.10. The number of H-pyrrole nitrogens is 1. The first-order chi connectivity index (χ1) is 7.26. The number of rotatable bonds is 3. The first-order valence-electron chi connectivity index (χ1n) is 5.44. The van der Waals surface area contributed by atoms with Gasteiger partial charge in [0.15, 0.2) is 0 Å². The molecule has 1 fully saturated rings. The van der Waals surface area contributed by atoms with Gasteiger partial charge >= 0.3 is 0 Å². The van der Waals surface area contributed by atoms with Crippen LogP contribution >= 0.6 is 0 Å². The van der Waals surface area contributed by atoms with Gasteiger partial charge in [-0.25, -0.2) is 0 Å². The Morgan fingerprint density at radius 2 is 2.20 bits per heavy atom. The summed E-state index contributed by atoms with van der Waals surface area (Å²) in [6.07, 6.45) is 7.23. The summed E-state index contributed by atoms with van der Waals surface area (Å²) in [7, 11) is 0. The van der Waals surface area contributed by atoms with E-state index in [1.54, 1.807) is 6.20 Å². The second-order valence-electron chi connectivity index (χ2n) is 4.32. The van der Waals surface area contributed by atoms with Crippen molar-refractivity contribution in [3.63, 3.8) is 0 Å². The maximum absolute atomic E-state index is 9.50. The molecule has 1 aromatic rings. The third-order valence-electron chi connectivity index (χ3n) is 3.18. The van der Waals surface area contributed by atoms with Gasteiger partial charge in [-0.05, 0) is 12.8 Å². The molecule has 0 atom stereocenters. The maximum atomic E-state index is 9.50. The molecule has 0 radical (unpaired) electrons. The highest BCUT2D eigenvalue weighted by molar-refractivity contribution is 5.61. The minimum Gasteiger partial charge on any atom is -0.394 e. The van der Waals surface area contributed by atoms with E-state index in [2.05, 4.69) is 15.5 Å². The van der Waals surface area contributed by atoms with Crippen LogP contribution in [-0.2, 0) is 0 Å². The van der Waals surface area contributed by atoms with Crippen LogP contribution in [-0.4, -0.2) is 27.4 Å². The van der Waals surface area contributed by atoms with E-state index in [1.165, 1.54) is 6.42 Å². The lowest BCUT2D eigenvalue weighted by molar-refractivity contribution is 0.173. The van der Waals surface area contributed by atoms with Crippen molar-refractivity contribution in [1.29, 1.82) is 0 Å². The molecule has 5 heteroatoms. The molecule has 0 aromatic carbocycles. The van der Waals surface area contributed by atoms with E-state index in [0.29, 0.717) is 5.82 Å². The molecule has 5 N–H and O–H groups in total. The summed E-state index contributed by atoms with van der Waals surface area (Å²) in [5.41, 5.74) is 6.31. The first kappa shape index (κ1) is 10.3. The average molecular weight is 210 g/mol. The first-order valence-corrected chi connectivity index (χ1v) is 5.44. The van der Waals surface area contributed by atoms with E-state index in [9.17, 15) is 5.11 Å². The minimum absolute atomic E-state index is 0.150. The monoisotopic (exact) mass is 210 g/mol. The zero-order valence-electron chi connectivity index (χ0n) is 8.79. The van der Waals surface area contributed by atoms with E-state index in [-0.39, 0.29) is 12.1 Å². The van der Waals surface area contributed by atoms with Crippen LogP contribution in [0.1, 0.15) is 32.1 Å². The maximum Gasteiger partial charge on any atom is 0.142 e. The number of aromatic amines is 1. The van der Waals surface area contributed by atoms with Crippen LogP contribution in [0.15, 0.2) is 6.20 Å². The fourth-order valence-corrected chi connectivity index (χ4v) is 2.23. The summed E-state index contributed by atoms with van der Waals surface area (Å²) in [5.74, 6) is 0.536. The molecule has 0 unspecified atom stereocenters. The van der Waals surface area contributed by atoms with E-state index in [4.69, 9.17) is 5.73 Å². The Bertz CT molecular complexity index is 317. The summed E-state index contributed by atoms with van der Waals surface area (Å²) in [4.78, 5) is 0. The van der Waals surface area contributed by atoms with Crippen molar-refractivity contribution in [2.45, 2.75) is 37.6 Å². The smallest absolute Gasteiger partial charge is 0.142 e. The van der Waals surface area contributed by atoms with Gasteiger partial charge < -0.3 is 16.2 Å². The Hall–Kier alpha value is -1.23. The number of hydrogen-bond donors (Lipinski definition) is 4. The van der Waals surface area contributed by atoms with Crippen LogP contribution in [0.25, 0.3) is 0 Å². The molecular weight excluding hydrogens is 192 g/mol. The lowest BCUT2D eigenvalue weighted by Gasteiger charge is -2.37. The lowest BCUT2D eigenvalue weighted by atomic mass is 9.82. The van der Waals surface area contributed by atoms with Crippen LogP contribution in [0.3, 0.4) is 0 Å². The molecule has 1 saturated carbocycles. The Kier molecular flexibility index (Phi) is 2.81. The quantitative estimate of drug-likeness (QED) is 0.601. The fourth-order valence-electron chi connectivity index (χ4n) is 2.23. The van der Waals surface area contributed by atoms with Crippen molar-refractivity contribution >= 4 is 11.5 Å². The molecule has 0 aliphatic heterocycles. The van der Waals surface area contributed by atoms with Gasteiger partial charge in [-0.3, -0.25) is 5.10 Å². The number of nitrogens with zero attached hydrogens (tertiary/aromatic N) is 1. The molecule has 0 amide bonds. The van der Waals surface area contributed by atoms with Crippen LogP contribution in [0.5, 0.6) is 0 Å². The van der Waals surface area contributed by atoms with Gasteiger partial charge in [0.05, 0.1) is 24.0 Å². The molecule has 2 rings (SSSR count). The largest absolute Gasteiger partial charge is 0.394 e. The fraction of sp³-hybridized carbons (Fsp3) is 0.700. The van der Waals surface area contributed by atoms with Crippen molar-refractivity contribution in [2.75, 3.05) is 17.7 Å². The molecule has 0 saturated heterocycles. The lowest BCUT2D eigenvalue weighted by Crippen LogP contribution is -2.43. The minimum atomic E-state index is -0.198. The molecule has 1 heterocycles. The highest BCUT2D eigenvalue weighted by Crippen LogP contribution is 2.32. The number of aliphatic hydroxyl groups is 1. The summed E-state index contributed by atoms with van der Waals surface area (Å²) >= 11 is 0. The standard InChI is InChI=1S/C10H18N4O/c11-9-8(6-12-14-9)13-10(7-15)4-2-1-3-5-10/h6,13,15H,1-5,7H2,(H3,11,12,14). The third kappa shape index (κ3) is 2.07. The number of aromatic nitrogens is 2. The van der Waals surface area contributed by atoms with E-state index >= 15 is 0 Å². The molecule has 5 nitrogen and oxygen atoms in total. The van der Waals surface area contributed by atoms with Gasteiger partial charge in [0.2, 0.25) is 0 Å². The molecule has 0 spiro atoms. The molecule has 1 aliphatic carbocycles. The highest BCUT2D eigenvalue weighted by Gasteiger charge is 2.31. The van der Waals surface area contributed by atoms with Gasteiger partial charge in [0.25, 0.3) is 0 Å². The Balaban J connectivity index is 2.10. The van der Waals surface area contributed by atoms with Gasteiger partial charge in [-0.15, -0.1) is 0 Å². The molecular formula is C10H18N4O. The number of hydrogen-bond acceptors (Lipinski definition) is 4. The normalized spacial score (nSPS) is 20.1.